The van der Waals surface area contributed by atoms with E-state index in [1.165, 1.54) is 31.2 Å². The average molecular weight is 314 g/mol. The summed E-state index contributed by atoms with van der Waals surface area (Å²) in [5, 5.41) is 3.31. The van der Waals surface area contributed by atoms with Crippen molar-refractivity contribution in [2.24, 2.45) is 11.8 Å². The van der Waals surface area contributed by atoms with Gasteiger partial charge in [-0.3, -0.25) is 0 Å². The number of halogens is 2. The Bertz CT molecular complexity index is 388. The van der Waals surface area contributed by atoms with Gasteiger partial charge in [0.25, 0.3) is 0 Å². The fourth-order valence-electron chi connectivity index (χ4n) is 3.07. The third-order valence-corrected chi connectivity index (χ3v) is 4.62. The molecule has 0 heterocycles. The molecule has 3 heteroatoms. The zero-order chi connectivity index (χ0) is 13.0. The molecule has 1 unspecified atom stereocenters. The zero-order valence-electron chi connectivity index (χ0n) is 10.9. The molecular formula is C15H21BrFN. The van der Waals surface area contributed by atoms with Gasteiger partial charge in [-0.05, 0) is 65.5 Å². The zero-order valence-corrected chi connectivity index (χ0v) is 12.5. The second-order valence-corrected chi connectivity index (χ2v) is 6.17. The molecule has 1 aromatic carbocycles. The summed E-state index contributed by atoms with van der Waals surface area (Å²) in [4.78, 5) is 0. The van der Waals surface area contributed by atoms with Gasteiger partial charge in [0.15, 0.2) is 0 Å². The van der Waals surface area contributed by atoms with E-state index in [-0.39, 0.29) is 5.82 Å². The van der Waals surface area contributed by atoms with Crippen molar-refractivity contribution >= 4 is 15.9 Å². The molecule has 1 nitrogen and oxygen atoms in total. The maximum Gasteiger partial charge on any atom is 0.137 e. The van der Waals surface area contributed by atoms with Crippen LogP contribution in [-0.4, -0.2) is 13.6 Å². The van der Waals surface area contributed by atoms with Crippen LogP contribution in [0.5, 0.6) is 0 Å². The third kappa shape index (κ3) is 3.55. The number of rotatable bonds is 5. The topological polar surface area (TPSA) is 12.0 Å². The molecule has 1 aromatic rings. The predicted octanol–water partition coefficient (Wildman–Crippen LogP) is 4.16. The smallest absolute Gasteiger partial charge is 0.137 e. The first-order valence-corrected chi connectivity index (χ1v) is 7.58. The molecule has 0 bridgehead atoms. The molecule has 18 heavy (non-hydrogen) atoms. The van der Waals surface area contributed by atoms with Crippen molar-refractivity contribution in [3.05, 3.63) is 34.1 Å². The van der Waals surface area contributed by atoms with Crippen molar-refractivity contribution < 1.29 is 4.39 Å². The molecular weight excluding hydrogens is 293 g/mol. The molecule has 2 rings (SSSR count). The molecule has 1 fully saturated rings. The van der Waals surface area contributed by atoms with Gasteiger partial charge in [0.05, 0.1) is 4.47 Å². The molecule has 0 aromatic heterocycles. The summed E-state index contributed by atoms with van der Waals surface area (Å²) in [5.74, 6) is 1.33. The molecule has 0 saturated heterocycles. The predicted molar refractivity (Wildman–Crippen MR) is 77.2 cm³/mol. The van der Waals surface area contributed by atoms with Crippen molar-refractivity contribution in [3.8, 4) is 0 Å². The van der Waals surface area contributed by atoms with Gasteiger partial charge >= 0.3 is 0 Å². The first-order chi connectivity index (χ1) is 8.70. The second kappa shape index (κ2) is 6.67. The van der Waals surface area contributed by atoms with Crippen molar-refractivity contribution in [2.75, 3.05) is 13.6 Å². The highest BCUT2D eigenvalue weighted by Gasteiger charge is 2.24. The van der Waals surface area contributed by atoms with E-state index in [0.717, 1.165) is 18.9 Å². The van der Waals surface area contributed by atoms with Crippen LogP contribution in [0.2, 0.25) is 0 Å². The molecule has 1 atom stereocenters. The van der Waals surface area contributed by atoms with Crippen LogP contribution in [-0.2, 0) is 6.42 Å². The largest absolute Gasteiger partial charge is 0.319 e. The quantitative estimate of drug-likeness (QED) is 0.860. The Morgan fingerprint density at radius 1 is 1.39 bits per heavy atom. The molecule has 0 aliphatic heterocycles. The minimum absolute atomic E-state index is 0.176. The van der Waals surface area contributed by atoms with E-state index in [9.17, 15) is 4.39 Å². The highest BCUT2D eigenvalue weighted by atomic mass is 79.9. The Hall–Kier alpha value is -0.410. The van der Waals surface area contributed by atoms with Crippen LogP contribution >= 0.6 is 15.9 Å². The molecule has 1 aliphatic carbocycles. The van der Waals surface area contributed by atoms with Gasteiger partial charge < -0.3 is 5.32 Å². The SMILES string of the molecule is CNCC(Cc1ccc(F)c(Br)c1)C1CCCC1. The summed E-state index contributed by atoms with van der Waals surface area (Å²) in [6, 6.07) is 5.40. The number of nitrogens with one attached hydrogen (secondary N) is 1. The summed E-state index contributed by atoms with van der Waals surface area (Å²) < 4.78 is 13.8. The molecule has 1 saturated carbocycles. The maximum absolute atomic E-state index is 13.2. The number of hydrogen-bond acceptors (Lipinski definition) is 1. The van der Waals surface area contributed by atoms with E-state index in [1.807, 2.05) is 19.2 Å². The van der Waals surface area contributed by atoms with E-state index in [1.54, 1.807) is 6.07 Å². The van der Waals surface area contributed by atoms with Gasteiger partial charge in [-0.2, -0.15) is 0 Å². The number of hydrogen-bond donors (Lipinski definition) is 1. The molecule has 1 aliphatic rings. The van der Waals surface area contributed by atoms with Gasteiger partial charge in [-0.1, -0.05) is 31.7 Å². The van der Waals surface area contributed by atoms with Crippen LogP contribution in [0.1, 0.15) is 31.2 Å². The average Bonchev–Trinajstić information content (AvgIpc) is 2.87. The lowest BCUT2D eigenvalue weighted by Crippen LogP contribution is -2.26. The summed E-state index contributed by atoms with van der Waals surface area (Å²) >= 11 is 3.27. The van der Waals surface area contributed by atoms with Crippen LogP contribution in [0.25, 0.3) is 0 Å². The van der Waals surface area contributed by atoms with Crippen molar-refractivity contribution in [3.63, 3.8) is 0 Å². The fraction of sp³-hybridized carbons (Fsp3) is 0.600. The molecule has 0 radical (unpaired) electrons. The summed E-state index contributed by atoms with van der Waals surface area (Å²) in [6.07, 6.45) is 6.50. The molecule has 1 N–H and O–H groups in total. The molecule has 100 valence electrons. The van der Waals surface area contributed by atoms with Gasteiger partial charge in [-0.15, -0.1) is 0 Å². The summed E-state index contributed by atoms with van der Waals surface area (Å²) in [6.45, 7) is 1.06. The second-order valence-electron chi connectivity index (χ2n) is 5.31. The Morgan fingerprint density at radius 2 is 2.11 bits per heavy atom. The van der Waals surface area contributed by atoms with Gasteiger partial charge in [0.2, 0.25) is 0 Å². The van der Waals surface area contributed by atoms with E-state index >= 15 is 0 Å². The first kappa shape index (κ1) is 14.0. The van der Waals surface area contributed by atoms with Gasteiger partial charge in [0, 0.05) is 0 Å². The summed E-state index contributed by atoms with van der Waals surface area (Å²) in [7, 11) is 2.02. The minimum Gasteiger partial charge on any atom is -0.319 e. The van der Waals surface area contributed by atoms with Crippen LogP contribution in [0, 0.1) is 17.7 Å². The Morgan fingerprint density at radius 3 is 2.72 bits per heavy atom. The highest BCUT2D eigenvalue weighted by molar-refractivity contribution is 9.10. The fourth-order valence-corrected chi connectivity index (χ4v) is 3.49. The minimum atomic E-state index is -0.176. The van der Waals surface area contributed by atoms with Crippen LogP contribution < -0.4 is 5.32 Å². The lowest BCUT2D eigenvalue weighted by molar-refractivity contribution is 0.328. The van der Waals surface area contributed by atoms with E-state index in [2.05, 4.69) is 21.2 Å². The van der Waals surface area contributed by atoms with E-state index < -0.39 is 0 Å². The highest BCUT2D eigenvalue weighted by Crippen LogP contribution is 2.33. The van der Waals surface area contributed by atoms with Crippen molar-refractivity contribution in [1.29, 1.82) is 0 Å². The van der Waals surface area contributed by atoms with Crippen LogP contribution in [0.3, 0.4) is 0 Å². The van der Waals surface area contributed by atoms with Gasteiger partial charge in [-0.25, -0.2) is 4.39 Å². The van der Waals surface area contributed by atoms with E-state index in [0.29, 0.717) is 10.4 Å². The van der Waals surface area contributed by atoms with Crippen molar-refractivity contribution in [2.45, 2.75) is 32.1 Å². The maximum atomic E-state index is 13.2. The molecule has 0 spiro atoms. The van der Waals surface area contributed by atoms with Crippen LogP contribution in [0.15, 0.2) is 22.7 Å². The first-order valence-electron chi connectivity index (χ1n) is 6.79. The normalized spacial score (nSPS) is 18.2. The summed E-state index contributed by atoms with van der Waals surface area (Å²) in [5.41, 5.74) is 1.23. The monoisotopic (exact) mass is 313 g/mol. The van der Waals surface area contributed by atoms with Crippen molar-refractivity contribution in [1.82, 2.24) is 5.32 Å². The third-order valence-electron chi connectivity index (χ3n) is 4.01. The Kier molecular flexibility index (Phi) is 5.19. The van der Waals surface area contributed by atoms with Crippen LogP contribution in [0.4, 0.5) is 4.39 Å². The number of benzene rings is 1. The standard InChI is InChI=1S/C15H21BrFN/c1-18-10-13(12-4-2-3-5-12)8-11-6-7-15(17)14(16)9-11/h6-7,9,12-13,18H,2-5,8,10H2,1H3. The lowest BCUT2D eigenvalue weighted by Gasteiger charge is -2.23. The Balaban J connectivity index is 2.04. The Labute approximate surface area is 117 Å². The molecule has 0 amide bonds. The van der Waals surface area contributed by atoms with Gasteiger partial charge in [0.1, 0.15) is 5.82 Å². The lowest BCUT2D eigenvalue weighted by atomic mass is 9.85. The van der Waals surface area contributed by atoms with E-state index in [4.69, 9.17) is 0 Å².